The third-order valence-electron chi connectivity index (χ3n) is 10.4. The molecule has 0 saturated carbocycles. The van der Waals surface area contributed by atoms with Crippen LogP contribution in [0.4, 0.5) is 0 Å². The molecule has 4 aromatic carbocycles. The van der Waals surface area contributed by atoms with Gasteiger partial charge in [-0.1, -0.05) is 56.8 Å². The number of unbranched alkanes of at least 4 members (excludes halogenated alkanes) is 1. The summed E-state index contributed by atoms with van der Waals surface area (Å²) < 4.78 is 50.2. The first-order valence-electron chi connectivity index (χ1n) is 21.3. The summed E-state index contributed by atoms with van der Waals surface area (Å²) in [5.74, 6) is -0.978. The molecule has 6 rings (SSSR count). The highest BCUT2D eigenvalue weighted by Crippen LogP contribution is 2.32. The zero-order chi connectivity index (χ0) is 45.3. The van der Waals surface area contributed by atoms with E-state index >= 15 is 0 Å². The molecular formula is C50H52O14. The highest BCUT2D eigenvalue weighted by atomic mass is 16.7. The molecule has 0 spiro atoms. The van der Waals surface area contributed by atoms with E-state index in [0.29, 0.717) is 37.6 Å². The largest absolute Gasteiger partial charge is 0.494 e. The maximum Gasteiger partial charge on any atom is 0.343 e. The SMILES string of the molecule is C=CC(=O)OCCCOc1ccc(C(=O)Oc2ccc(C(=O)O[C@H]3CO[C@H]4[C@@H]3OC[C@H]4OC(=O)/C=C/c3ccc(-c4ccc(OCCCCOC(=O)C(C)CC)cc4)cc3)cc2)cc1. The minimum atomic E-state index is -0.720. The summed E-state index contributed by atoms with van der Waals surface area (Å²) in [5.41, 5.74) is 3.35. The molecule has 4 aromatic rings. The molecule has 2 aliphatic rings. The van der Waals surface area contributed by atoms with Gasteiger partial charge in [0.05, 0.1) is 56.7 Å². The molecule has 64 heavy (non-hydrogen) atoms. The topological polar surface area (TPSA) is 168 Å². The molecule has 5 atom stereocenters. The lowest BCUT2D eigenvalue weighted by atomic mass is 10.0. The van der Waals surface area contributed by atoms with Crippen molar-refractivity contribution in [3.8, 4) is 28.4 Å². The van der Waals surface area contributed by atoms with E-state index in [9.17, 15) is 24.0 Å². The van der Waals surface area contributed by atoms with Crippen molar-refractivity contribution >= 4 is 35.9 Å². The summed E-state index contributed by atoms with van der Waals surface area (Å²) in [5, 5.41) is 0. The predicted octanol–water partition coefficient (Wildman–Crippen LogP) is 7.77. The predicted molar refractivity (Wildman–Crippen MR) is 234 cm³/mol. The van der Waals surface area contributed by atoms with Crippen molar-refractivity contribution < 1.29 is 66.6 Å². The Hall–Kier alpha value is -6.77. The fourth-order valence-corrected chi connectivity index (χ4v) is 6.59. The maximum absolute atomic E-state index is 13.0. The van der Waals surface area contributed by atoms with E-state index in [-0.39, 0.29) is 43.0 Å². The van der Waals surface area contributed by atoms with Gasteiger partial charge in [0.1, 0.15) is 29.5 Å². The molecule has 0 radical (unpaired) electrons. The van der Waals surface area contributed by atoms with Crippen molar-refractivity contribution in [2.24, 2.45) is 5.92 Å². The Balaban J connectivity index is 0.881. The monoisotopic (exact) mass is 876 g/mol. The Morgan fingerprint density at radius 1 is 0.625 bits per heavy atom. The number of ether oxygens (including phenoxy) is 9. The van der Waals surface area contributed by atoms with Crippen LogP contribution in [0.5, 0.6) is 17.2 Å². The zero-order valence-corrected chi connectivity index (χ0v) is 35.9. The van der Waals surface area contributed by atoms with Crippen molar-refractivity contribution in [3.63, 3.8) is 0 Å². The Morgan fingerprint density at radius 2 is 1.14 bits per heavy atom. The van der Waals surface area contributed by atoms with E-state index in [2.05, 4.69) is 6.58 Å². The molecule has 0 bridgehead atoms. The molecular weight excluding hydrogens is 825 g/mol. The van der Waals surface area contributed by atoms with E-state index in [1.165, 1.54) is 30.3 Å². The smallest absolute Gasteiger partial charge is 0.343 e. The molecule has 1 unspecified atom stereocenters. The number of hydrogen-bond donors (Lipinski definition) is 0. The van der Waals surface area contributed by atoms with Crippen molar-refractivity contribution in [3.05, 3.63) is 132 Å². The molecule has 2 heterocycles. The van der Waals surface area contributed by atoms with Gasteiger partial charge in [0.2, 0.25) is 0 Å². The summed E-state index contributed by atoms with van der Waals surface area (Å²) in [6.45, 7) is 8.77. The van der Waals surface area contributed by atoms with Crippen molar-refractivity contribution in [1.29, 1.82) is 0 Å². The van der Waals surface area contributed by atoms with Crippen molar-refractivity contribution in [2.45, 2.75) is 63.9 Å². The second kappa shape index (κ2) is 23.6. The Kier molecular flexibility index (Phi) is 17.2. The van der Waals surface area contributed by atoms with Gasteiger partial charge in [-0.3, -0.25) is 4.79 Å². The van der Waals surface area contributed by atoms with Crippen LogP contribution in [0.3, 0.4) is 0 Å². The highest BCUT2D eigenvalue weighted by Gasteiger charge is 2.51. The van der Waals surface area contributed by atoms with Gasteiger partial charge in [0.25, 0.3) is 0 Å². The first-order chi connectivity index (χ1) is 31.1. The van der Waals surface area contributed by atoms with Crippen LogP contribution in [-0.2, 0) is 42.8 Å². The first-order valence-corrected chi connectivity index (χ1v) is 21.3. The van der Waals surface area contributed by atoms with Gasteiger partial charge < -0.3 is 42.6 Å². The van der Waals surface area contributed by atoms with E-state index in [1.54, 1.807) is 30.3 Å². The molecule has 0 N–H and O–H groups in total. The van der Waals surface area contributed by atoms with Gasteiger partial charge in [-0.25, -0.2) is 19.2 Å². The summed E-state index contributed by atoms with van der Waals surface area (Å²) in [6, 6.07) is 27.9. The van der Waals surface area contributed by atoms with Crippen LogP contribution in [0.25, 0.3) is 17.2 Å². The number of carbonyl (C=O) groups excluding carboxylic acids is 5. The molecule has 0 amide bonds. The van der Waals surface area contributed by atoms with Crippen LogP contribution in [0.1, 0.15) is 65.8 Å². The standard InChI is InChI=1S/C50H52O14/c1-4-33(3)48(53)59-28-7-6-27-56-39-20-14-36(15-21-39)35-12-9-34(10-13-35)11-26-45(52)63-42-31-60-47-43(32-61-46(42)47)64-50(55)38-18-24-41(25-19-38)62-49(54)37-16-22-40(23-17-37)57-29-8-30-58-44(51)5-2/h5,9-26,33,42-43,46-47H,2,4,6-8,27-32H2,1,3H3/b26-11+/t33?,42-,43+,46-,47-/m1/s1. The summed E-state index contributed by atoms with van der Waals surface area (Å²) in [4.78, 5) is 61.4. The number of rotatable bonds is 22. The van der Waals surface area contributed by atoms with E-state index < -0.39 is 48.3 Å². The fourth-order valence-electron chi connectivity index (χ4n) is 6.59. The number of fused-ring (bicyclic) bond motifs is 1. The highest BCUT2D eigenvalue weighted by molar-refractivity contribution is 5.92. The molecule has 2 saturated heterocycles. The number of esters is 5. The van der Waals surface area contributed by atoms with Gasteiger partial charge in [-0.2, -0.15) is 0 Å². The second-order valence-corrected chi connectivity index (χ2v) is 15.0. The van der Waals surface area contributed by atoms with Gasteiger partial charge in [-0.05, 0) is 103 Å². The molecule has 2 fully saturated rings. The average molecular weight is 877 g/mol. The van der Waals surface area contributed by atoms with Crippen LogP contribution in [0.15, 0.2) is 116 Å². The van der Waals surface area contributed by atoms with E-state index in [1.807, 2.05) is 62.4 Å². The van der Waals surface area contributed by atoms with Gasteiger partial charge in [0.15, 0.2) is 12.2 Å². The summed E-state index contributed by atoms with van der Waals surface area (Å²) in [6.07, 6.45) is 4.27. The lowest BCUT2D eigenvalue weighted by molar-refractivity contribution is -0.148. The van der Waals surface area contributed by atoms with E-state index in [0.717, 1.165) is 47.8 Å². The van der Waals surface area contributed by atoms with Crippen molar-refractivity contribution in [1.82, 2.24) is 0 Å². The third kappa shape index (κ3) is 13.6. The maximum atomic E-state index is 13.0. The summed E-state index contributed by atoms with van der Waals surface area (Å²) >= 11 is 0. The Morgan fingerprint density at radius 3 is 1.75 bits per heavy atom. The van der Waals surface area contributed by atoms with Crippen LogP contribution >= 0.6 is 0 Å². The number of hydrogen-bond acceptors (Lipinski definition) is 14. The fraction of sp³-hybridized carbons (Fsp3) is 0.340. The second-order valence-electron chi connectivity index (χ2n) is 15.0. The quantitative estimate of drug-likeness (QED) is 0.0247. The average Bonchev–Trinajstić information content (AvgIpc) is 3.92. The van der Waals surface area contributed by atoms with E-state index in [4.69, 9.17) is 42.6 Å². The first kappa shape index (κ1) is 46.7. The third-order valence-corrected chi connectivity index (χ3v) is 10.4. The normalized spacial score (nSPS) is 18.0. The minimum Gasteiger partial charge on any atom is -0.494 e. The van der Waals surface area contributed by atoms with Crippen molar-refractivity contribution in [2.75, 3.05) is 39.6 Å². The number of benzene rings is 4. The van der Waals surface area contributed by atoms with Crippen LogP contribution in [-0.4, -0.2) is 93.9 Å². The molecule has 0 aliphatic carbocycles. The molecule has 14 heteroatoms. The summed E-state index contributed by atoms with van der Waals surface area (Å²) in [7, 11) is 0. The Labute approximate surface area is 372 Å². The Bertz CT molecular complexity index is 2210. The minimum absolute atomic E-state index is 0.0659. The lowest BCUT2D eigenvalue weighted by Gasteiger charge is -2.17. The molecule has 2 aliphatic heterocycles. The van der Waals surface area contributed by atoms with Gasteiger partial charge >= 0.3 is 29.8 Å². The zero-order valence-electron chi connectivity index (χ0n) is 35.9. The van der Waals surface area contributed by atoms with Crippen LogP contribution in [0, 0.1) is 5.92 Å². The lowest BCUT2D eigenvalue weighted by Crippen LogP contribution is -2.35. The van der Waals surface area contributed by atoms with Gasteiger partial charge in [0, 0.05) is 18.6 Å². The molecule has 336 valence electrons. The number of carbonyl (C=O) groups is 5. The van der Waals surface area contributed by atoms with Crippen LogP contribution in [0.2, 0.25) is 0 Å². The van der Waals surface area contributed by atoms with Crippen LogP contribution < -0.4 is 14.2 Å². The molecule has 14 nitrogen and oxygen atoms in total. The molecule has 0 aromatic heterocycles. The van der Waals surface area contributed by atoms with Gasteiger partial charge in [-0.15, -0.1) is 0 Å².